The fourth-order valence-electron chi connectivity index (χ4n) is 5.28. The summed E-state index contributed by atoms with van der Waals surface area (Å²) in [7, 11) is -3.66. The number of hydrogen-bond acceptors (Lipinski definition) is 5. The molecule has 2 aliphatic heterocycles. The zero-order valence-electron chi connectivity index (χ0n) is 21.4. The molecule has 0 aromatic heterocycles. The fourth-order valence-corrected chi connectivity index (χ4v) is 7.05. The third kappa shape index (κ3) is 4.96. The van der Waals surface area contributed by atoms with Crippen LogP contribution in [-0.4, -0.2) is 55.0 Å². The molecule has 3 aromatic rings. The highest BCUT2D eigenvalue weighted by atomic mass is 32.2. The number of sulfonamides is 1. The highest BCUT2D eigenvalue weighted by molar-refractivity contribution is 7.89. The number of carbonyl (C=O) groups excluding carboxylic acids is 3. The molecule has 0 atom stereocenters. The van der Waals surface area contributed by atoms with E-state index in [0.717, 1.165) is 31.1 Å². The van der Waals surface area contributed by atoms with Crippen molar-refractivity contribution in [2.45, 2.75) is 50.3 Å². The first-order valence-electron chi connectivity index (χ1n) is 13.1. The van der Waals surface area contributed by atoms with Crippen LogP contribution >= 0.6 is 0 Å². The first kappa shape index (κ1) is 26.1. The quantitative estimate of drug-likeness (QED) is 0.443. The van der Waals surface area contributed by atoms with E-state index in [1.807, 2.05) is 12.1 Å². The molecule has 8 nitrogen and oxygen atoms in total. The van der Waals surface area contributed by atoms with Gasteiger partial charge in [-0.25, -0.2) is 8.42 Å². The molecule has 0 saturated carbocycles. The summed E-state index contributed by atoms with van der Waals surface area (Å²) in [5.74, 6) is -1.03. The van der Waals surface area contributed by atoms with Crippen LogP contribution in [-0.2, 0) is 14.8 Å². The fraction of sp³-hybridized carbons (Fsp3) is 0.345. The minimum absolute atomic E-state index is 0.0744. The Morgan fingerprint density at radius 2 is 1.53 bits per heavy atom. The third-order valence-corrected chi connectivity index (χ3v) is 9.34. The van der Waals surface area contributed by atoms with Crippen molar-refractivity contribution < 1.29 is 22.8 Å². The normalized spacial score (nSPS) is 16.5. The van der Waals surface area contributed by atoms with Gasteiger partial charge in [-0.2, -0.15) is 4.31 Å². The Labute approximate surface area is 222 Å². The summed E-state index contributed by atoms with van der Waals surface area (Å²) in [6, 6.07) is 15.7. The Hall–Kier alpha value is -3.56. The minimum atomic E-state index is -3.66. The van der Waals surface area contributed by atoms with Crippen molar-refractivity contribution in [1.29, 1.82) is 0 Å². The molecule has 38 heavy (non-hydrogen) atoms. The van der Waals surface area contributed by atoms with Crippen molar-refractivity contribution in [3.05, 3.63) is 71.3 Å². The summed E-state index contributed by atoms with van der Waals surface area (Å²) in [5.41, 5.74) is 2.00. The van der Waals surface area contributed by atoms with Gasteiger partial charge in [0.15, 0.2) is 0 Å². The molecule has 2 heterocycles. The van der Waals surface area contributed by atoms with Crippen molar-refractivity contribution in [2.24, 2.45) is 0 Å². The van der Waals surface area contributed by atoms with Gasteiger partial charge in [0.25, 0.3) is 11.8 Å². The second-order valence-electron chi connectivity index (χ2n) is 9.92. The topological polar surface area (TPSA) is 104 Å². The molecule has 0 spiro atoms. The van der Waals surface area contributed by atoms with Gasteiger partial charge in [0, 0.05) is 48.3 Å². The third-order valence-electron chi connectivity index (χ3n) is 7.30. The van der Waals surface area contributed by atoms with Crippen LogP contribution in [0.5, 0.6) is 0 Å². The average Bonchev–Trinajstić information content (AvgIpc) is 3.20. The highest BCUT2D eigenvalue weighted by Gasteiger charge is 2.32. The summed E-state index contributed by atoms with van der Waals surface area (Å²) in [4.78, 5) is 40.2. The van der Waals surface area contributed by atoms with Crippen LogP contribution in [0.15, 0.2) is 59.5 Å². The van der Waals surface area contributed by atoms with E-state index in [2.05, 4.69) is 5.32 Å². The lowest BCUT2D eigenvalue weighted by Gasteiger charge is -2.27. The van der Waals surface area contributed by atoms with Gasteiger partial charge in [0.2, 0.25) is 15.9 Å². The van der Waals surface area contributed by atoms with Gasteiger partial charge < -0.3 is 5.32 Å². The molecule has 2 aliphatic rings. The molecule has 0 unspecified atom stereocenters. The lowest BCUT2D eigenvalue weighted by atomic mass is 9.94. The predicted octanol–water partition coefficient (Wildman–Crippen LogP) is 4.73. The van der Waals surface area contributed by atoms with E-state index in [1.165, 1.54) is 11.0 Å². The largest absolute Gasteiger partial charge is 0.326 e. The Balaban J connectivity index is 1.23. The van der Waals surface area contributed by atoms with E-state index in [-0.39, 0.29) is 42.0 Å². The molecule has 3 aromatic carbocycles. The second kappa shape index (κ2) is 10.7. The first-order chi connectivity index (χ1) is 18.3. The number of aryl methyl sites for hydroxylation is 1. The van der Waals surface area contributed by atoms with E-state index in [1.54, 1.807) is 47.6 Å². The maximum absolute atomic E-state index is 13.3. The number of hydrogen-bond donors (Lipinski definition) is 1. The van der Waals surface area contributed by atoms with Crippen LogP contribution in [0, 0.1) is 6.92 Å². The van der Waals surface area contributed by atoms with Gasteiger partial charge in [0.1, 0.15) is 0 Å². The number of nitrogens with zero attached hydrogens (tertiary/aromatic N) is 2. The number of imide groups is 1. The van der Waals surface area contributed by atoms with E-state index in [4.69, 9.17) is 0 Å². The Morgan fingerprint density at radius 1 is 0.895 bits per heavy atom. The predicted molar refractivity (Wildman–Crippen MR) is 146 cm³/mol. The maximum Gasteiger partial charge on any atom is 0.261 e. The molecule has 9 heteroatoms. The summed E-state index contributed by atoms with van der Waals surface area (Å²) < 4.78 is 28.2. The van der Waals surface area contributed by atoms with E-state index < -0.39 is 10.0 Å². The van der Waals surface area contributed by atoms with Gasteiger partial charge in [-0.1, -0.05) is 43.2 Å². The molecule has 5 rings (SSSR count). The van der Waals surface area contributed by atoms with Crippen LogP contribution in [0.3, 0.4) is 0 Å². The van der Waals surface area contributed by atoms with E-state index in [9.17, 15) is 22.8 Å². The van der Waals surface area contributed by atoms with Crippen LogP contribution in [0.4, 0.5) is 5.69 Å². The van der Waals surface area contributed by atoms with Crippen molar-refractivity contribution in [1.82, 2.24) is 9.21 Å². The number of benzene rings is 3. The summed E-state index contributed by atoms with van der Waals surface area (Å²) in [6.07, 6.45) is 4.10. The summed E-state index contributed by atoms with van der Waals surface area (Å²) >= 11 is 0. The molecule has 0 radical (unpaired) electrons. The Kier molecular flexibility index (Phi) is 7.32. The smallest absolute Gasteiger partial charge is 0.261 e. The van der Waals surface area contributed by atoms with Crippen molar-refractivity contribution >= 4 is 44.2 Å². The Morgan fingerprint density at radius 3 is 2.16 bits per heavy atom. The zero-order valence-corrected chi connectivity index (χ0v) is 22.2. The molecule has 1 saturated heterocycles. The Bertz CT molecular complexity index is 1470. The van der Waals surface area contributed by atoms with Crippen molar-refractivity contribution in [3.8, 4) is 0 Å². The number of nitrogens with one attached hydrogen (secondary N) is 1. The molecule has 0 bridgehead atoms. The van der Waals surface area contributed by atoms with Crippen LogP contribution < -0.4 is 5.32 Å². The zero-order chi connectivity index (χ0) is 26.9. The highest BCUT2D eigenvalue weighted by Crippen LogP contribution is 2.30. The van der Waals surface area contributed by atoms with Crippen LogP contribution in [0.1, 0.15) is 64.8 Å². The standard InChI is InChI=1S/C29H31N3O5S/c1-20-14-15-22(19-25(20)38(36,37)31-16-4-2-3-5-17-31)30-26(33)13-8-18-32-28(34)23-11-6-9-21-10-7-12-24(27(21)23)29(32)35/h6-7,9-12,14-15,19H,2-5,8,13,16-18H2,1H3,(H,30,33). The lowest BCUT2D eigenvalue weighted by molar-refractivity contribution is -0.116. The molecule has 198 valence electrons. The van der Waals surface area contributed by atoms with Crippen molar-refractivity contribution in [3.63, 3.8) is 0 Å². The number of amides is 3. The molecule has 1 N–H and O–H groups in total. The van der Waals surface area contributed by atoms with Crippen molar-refractivity contribution in [2.75, 3.05) is 25.0 Å². The molecule has 1 fully saturated rings. The van der Waals surface area contributed by atoms with Gasteiger partial charge in [0.05, 0.1) is 4.90 Å². The van der Waals surface area contributed by atoms with Gasteiger partial charge >= 0.3 is 0 Å². The molecule has 0 aliphatic carbocycles. The lowest BCUT2D eigenvalue weighted by Crippen LogP contribution is -2.41. The second-order valence-corrected chi connectivity index (χ2v) is 11.8. The van der Waals surface area contributed by atoms with E-state index in [0.29, 0.717) is 40.9 Å². The van der Waals surface area contributed by atoms with Crippen LogP contribution in [0.2, 0.25) is 0 Å². The molecular weight excluding hydrogens is 502 g/mol. The minimum Gasteiger partial charge on any atom is -0.326 e. The van der Waals surface area contributed by atoms with Gasteiger partial charge in [-0.3, -0.25) is 19.3 Å². The number of rotatable bonds is 7. The monoisotopic (exact) mass is 533 g/mol. The molecule has 3 amide bonds. The average molecular weight is 534 g/mol. The van der Waals surface area contributed by atoms with Gasteiger partial charge in [-0.05, 0) is 61.4 Å². The van der Waals surface area contributed by atoms with E-state index >= 15 is 0 Å². The van der Waals surface area contributed by atoms with Gasteiger partial charge in [-0.15, -0.1) is 0 Å². The summed E-state index contributed by atoms with van der Waals surface area (Å²) in [6.45, 7) is 2.87. The SMILES string of the molecule is Cc1ccc(NC(=O)CCCN2C(=O)c3cccc4cccc(c34)C2=O)cc1S(=O)(=O)N1CCCCCC1. The number of carbonyl (C=O) groups is 3. The summed E-state index contributed by atoms with van der Waals surface area (Å²) in [5, 5.41) is 4.29. The molecular formula is C29H31N3O5S. The number of anilines is 1. The first-order valence-corrected chi connectivity index (χ1v) is 14.5. The maximum atomic E-state index is 13.3. The van der Waals surface area contributed by atoms with Crippen LogP contribution in [0.25, 0.3) is 10.8 Å².